The summed E-state index contributed by atoms with van der Waals surface area (Å²) in [6.45, 7) is 0. The number of nitrogens with zero attached hydrogens (tertiary/aromatic N) is 3. The lowest BCUT2D eigenvalue weighted by Crippen LogP contribution is -2.09. The van der Waals surface area contributed by atoms with E-state index in [1.807, 2.05) is 50.9 Å². The highest BCUT2D eigenvalue weighted by molar-refractivity contribution is 5.94. The number of pyridine rings is 2. The third-order valence-electron chi connectivity index (χ3n) is 3.21. The summed E-state index contributed by atoms with van der Waals surface area (Å²) in [4.78, 5) is 10.6. The van der Waals surface area contributed by atoms with E-state index in [1.165, 1.54) is 22.2 Å². The summed E-state index contributed by atoms with van der Waals surface area (Å²) in [6, 6.07) is 12.4. The van der Waals surface area contributed by atoms with E-state index in [9.17, 15) is 0 Å². The molecule has 0 amide bonds. The molecule has 0 aliphatic heterocycles. The second-order valence-corrected chi connectivity index (χ2v) is 4.69. The number of aromatic nitrogens is 2. The second kappa shape index (κ2) is 4.69. The van der Waals surface area contributed by atoms with Crippen LogP contribution < -0.4 is 4.90 Å². The Morgan fingerprint density at radius 1 is 0.842 bits per heavy atom. The summed E-state index contributed by atoms with van der Waals surface area (Å²) in [7, 11) is 4.10. The van der Waals surface area contributed by atoms with E-state index in [2.05, 4.69) is 33.1 Å². The molecule has 0 atom stereocenters. The van der Waals surface area contributed by atoms with Crippen LogP contribution in [0.2, 0.25) is 0 Å². The molecule has 3 heteroatoms. The molecule has 0 spiro atoms. The summed E-state index contributed by atoms with van der Waals surface area (Å²) in [5.41, 5.74) is 4.56. The van der Waals surface area contributed by atoms with Gasteiger partial charge in [-0.3, -0.25) is 9.97 Å². The van der Waals surface area contributed by atoms with E-state index in [1.54, 1.807) is 0 Å². The molecular formula is C16H15N3. The van der Waals surface area contributed by atoms with E-state index in [0.29, 0.717) is 0 Å². The summed E-state index contributed by atoms with van der Waals surface area (Å²) in [5, 5.41) is 1.17. The fraction of sp³-hybridized carbons (Fsp3) is 0.125. The zero-order valence-corrected chi connectivity index (χ0v) is 11.0. The maximum absolute atomic E-state index is 4.42. The van der Waals surface area contributed by atoms with Gasteiger partial charge in [0.05, 0.1) is 5.52 Å². The molecule has 0 bridgehead atoms. The number of rotatable bonds is 2. The van der Waals surface area contributed by atoms with Gasteiger partial charge >= 0.3 is 0 Å². The predicted molar refractivity (Wildman–Crippen MR) is 79.3 cm³/mol. The normalized spacial score (nSPS) is 10.6. The van der Waals surface area contributed by atoms with Crippen molar-refractivity contribution in [3.63, 3.8) is 0 Å². The Hall–Kier alpha value is -2.42. The standard InChI is InChI=1S/C16H15N3/c1-19(2)16-7-10-18-15-4-3-13(11-14(15)16)12-5-8-17-9-6-12/h3-11H,1-2H3. The van der Waals surface area contributed by atoms with Crippen molar-refractivity contribution in [3.05, 3.63) is 55.0 Å². The highest BCUT2D eigenvalue weighted by Crippen LogP contribution is 2.28. The molecule has 2 aromatic heterocycles. The summed E-state index contributed by atoms with van der Waals surface area (Å²) < 4.78 is 0. The molecule has 0 saturated heterocycles. The lowest BCUT2D eigenvalue weighted by Gasteiger charge is -2.15. The second-order valence-electron chi connectivity index (χ2n) is 4.69. The first-order valence-electron chi connectivity index (χ1n) is 6.22. The molecule has 2 heterocycles. The third-order valence-corrected chi connectivity index (χ3v) is 3.21. The molecule has 0 N–H and O–H groups in total. The van der Waals surface area contributed by atoms with Crippen molar-refractivity contribution in [2.75, 3.05) is 19.0 Å². The first-order chi connectivity index (χ1) is 9.25. The third kappa shape index (κ3) is 2.15. The van der Waals surface area contributed by atoms with Crippen molar-refractivity contribution in [2.24, 2.45) is 0 Å². The van der Waals surface area contributed by atoms with Gasteiger partial charge in [-0.25, -0.2) is 0 Å². The van der Waals surface area contributed by atoms with Crippen molar-refractivity contribution < 1.29 is 0 Å². The van der Waals surface area contributed by atoms with Crippen LogP contribution in [0.15, 0.2) is 55.0 Å². The van der Waals surface area contributed by atoms with Crippen LogP contribution in [0.3, 0.4) is 0 Å². The molecule has 94 valence electrons. The average Bonchev–Trinajstić information content (AvgIpc) is 2.47. The summed E-state index contributed by atoms with van der Waals surface area (Å²) in [5.74, 6) is 0. The van der Waals surface area contributed by atoms with Crippen LogP contribution in [0.1, 0.15) is 0 Å². The largest absolute Gasteiger partial charge is 0.377 e. The van der Waals surface area contributed by atoms with Crippen molar-refractivity contribution in [3.8, 4) is 11.1 Å². The van der Waals surface area contributed by atoms with Gasteiger partial charge in [0, 0.05) is 43.8 Å². The van der Waals surface area contributed by atoms with Crippen LogP contribution in [0.4, 0.5) is 5.69 Å². The van der Waals surface area contributed by atoms with Crippen LogP contribution >= 0.6 is 0 Å². The van der Waals surface area contributed by atoms with Crippen molar-refractivity contribution in [2.45, 2.75) is 0 Å². The van der Waals surface area contributed by atoms with Gasteiger partial charge in [0.2, 0.25) is 0 Å². The number of anilines is 1. The predicted octanol–water partition coefficient (Wildman–Crippen LogP) is 3.36. The minimum Gasteiger partial charge on any atom is -0.377 e. The number of fused-ring (bicyclic) bond motifs is 1. The van der Waals surface area contributed by atoms with Crippen LogP contribution in [0.25, 0.3) is 22.0 Å². The molecule has 0 aliphatic rings. The maximum atomic E-state index is 4.42. The first-order valence-corrected chi connectivity index (χ1v) is 6.22. The minimum atomic E-state index is 1.02. The Morgan fingerprint density at radius 2 is 1.63 bits per heavy atom. The monoisotopic (exact) mass is 249 g/mol. The average molecular weight is 249 g/mol. The van der Waals surface area contributed by atoms with E-state index in [-0.39, 0.29) is 0 Å². The van der Waals surface area contributed by atoms with Crippen LogP contribution in [0.5, 0.6) is 0 Å². The van der Waals surface area contributed by atoms with Crippen LogP contribution in [-0.4, -0.2) is 24.1 Å². The molecule has 19 heavy (non-hydrogen) atoms. The van der Waals surface area contributed by atoms with Gasteiger partial charge in [-0.1, -0.05) is 6.07 Å². The molecule has 0 saturated carbocycles. The summed E-state index contributed by atoms with van der Waals surface area (Å²) in [6.07, 6.45) is 5.48. The summed E-state index contributed by atoms with van der Waals surface area (Å²) >= 11 is 0. The fourth-order valence-corrected chi connectivity index (χ4v) is 2.25. The molecule has 1 aromatic carbocycles. The minimum absolute atomic E-state index is 1.02. The molecule has 0 radical (unpaired) electrons. The van der Waals surface area contributed by atoms with E-state index >= 15 is 0 Å². The van der Waals surface area contributed by atoms with Gasteiger partial charge in [0.25, 0.3) is 0 Å². The zero-order valence-electron chi connectivity index (χ0n) is 11.0. The van der Waals surface area contributed by atoms with Gasteiger partial charge in [-0.15, -0.1) is 0 Å². The Labute approximate surface area is 112 Å². The molecule has 0 fully saturated rings. The fourth-order valence-electron chi connectivity index (χ4n) is 2.25. The molecular weight excluding hydrogens is 234 g/mol. The van der Waals surface area contributed by atoms with E-state index in [4.69, 9.17) is 0 Å². The Balaban J connectivity index is 2.22. The van der Waals surface area contributed by atoms with E-state index < -0.39 is 0 Å². The van der Waals surface area contributed by atoms with Gasteiger partial charge < -0.3 is 4.90 Å². The van der Waals surface area contributed by atoms with Crippen molar-refractivity contribution in [1.82, 2.24) is 9.97 Å². The quantitative estimate of drug-likeness (QED) is 0.697. The lowest BCUT2D eigenvalue weighted by atomic mass is 10.0. The van der Waals surface area contributed by atoms with Gasteiger partial charge in [0.1, 0.15) is 0 Å². The Kier molecular flexibility index (Phi) is 2.88. The molecule has 3 rings (SSSR count). The van der Waals surface area contributed by atoms with Crippen LogP contribution in [-0.2, 0) is 0 Å². The zero-order chi connectivity index (χ0) is 13.2. The van der Waals surface area contributed by atoms with Crippen molar-refractivity contribution >= 4 is 16.6 Å². The van der Waals surface area contributed by atoms with Gasteiger partial charge in [-0.05, 0) is 41.5 Å². The number of hydrogen-bond acceptors (Lipinski definition) is 3. The lowest BCUT2D eigenvalue weighted by molar-refractivity contribution is 1.14. The first kappa shape index (κ1) is 11.7. The molecule has 3 nitrogen and oxygen atoms in total. The van der Waals surface area contributed by atoms with E-state index in [0.717, 1.165) is 5.52 Å². The maximum Gasteiger partial charge on any atom is 0.0723 e. The number of benzene rings is 1. The van der Waals surface area contributed by atoms with Crippen molar-refractivity contribution in [1.29, 1.82) is 0 Å². The topological polar surface area (TPSA) is 29.0 Å². The Morgan fingerprint density at radius 3 is 2.37 bits per heavy atom. The molecule has 0 unspecified atom stereocenters. The SMILES string of the molecule is CN(C)c1ccnc2ccc(-c3ccncc3)cc12. The van der Waals surface area contributed by atoms with Gasteiger partial charge in [0.15, 0.2) is 0 Å². The highest BCUT2D eigenvalue weighted by Gasteiger charge is 2.05. The smallest absolute Gasteiger partial charge is 0.0723 e. The Bertz CT molecular complexity index is 706. The molecule has 0 aliphatic carbocycles. The molecule has 3 aromatic rings. The highest BCUT2D eigenvalue weighted by atomic mass is 15.1. The number of hydrogen-bond donors (Lipinski definition) is 0. The van der Waals surface area contributed by atoms with Crippen LogP contribution in [0, 0.1) is 0 Å². The van der Waals surface area contributed by atoms with Gasteiger partial charge in [-0.2, -0.15) is 0 Å².